The Morgan fingerprint density at radius 3 is 1.95 bits per heavy atom. The maximum atomic E-state index is 2.46. The predicted molar refractivity (Wildman–Crippen MR) is 103 cm³/mol. The van der Waals surface area contributed by atoms with E-state index in [-0.39, 0.29) is 0 Å². The second-order valence-electron chi connectivity index (χ2n) is 7.65. The van der Waals surface area contributed by atoms with Gasteiger partial charge < -0.3 is 0 Å². The lowest BCUT2D eigenvalue weighted by atomic mass is 9.79. The monoisotopic (exact) mass is 306 g/mol. The summed E-state index contributed by atoms with van der Waals surface area (Å²) in [5, 5.41) is 0. The molecule has 0 aliphatic heterocycles. The zero-order valence-corrected chi connectivity index (χ0v) is 16.5. The zero-order valence-electron chi connectivity index (χ0n) is 16.5. The fourth-order valence-corrected chi connectivity index (χ4v) is 3.35. The molecule has 0 nitrogen and oxygen atoms in total. The van der Waals surface area contributed by atoms with Crippen molar-refractivity contribution in [3.8, 4) is 0 Å². The normalized spacial score (nSPS) is 18.4. The molecule has 0 aliphatic rings. The number of hydrogen-bond acceptors (Lipinski definition) is 0. The SMILES string of the molecule is CC=CC(C)CCCCCCC(C)C(C)C(C)CC(C)=CC. The molecule has 0 radical (unpaired) electrons. The highest BCUT2D eigenvalue weighted by Crippen LogP contribution is 2.29. The highest BCUT2D eigenvalue weighted by atomic mass is 14.2. The van der Waals surface area contributed by atoms with E-state index in [1.807, 2.05) is 0 Å². The third-order valence-electron chi connectivity index (χ3n) is 5.52. The summed E-state index contributed by atoms with van der Waals surface area (Å²) in [6.45, 7) is 16.2. The van der Waals surface area contributed by atoms with Gasteiger partial charge in [-0.15, -0.1) is 0 Å². The van der Waals surface area contributed by atoms with Crippen molar-refractivity contribution >= 4 is 0 Å². The molecule has 0 aromatic heterocycles. The molecule has 0 bridgehead atoms. The molecule has 0 saturated heterocycles. The fourth-order valence-electron chi connectivity index (χ4n) is 3.35. The average Bonchev–Trinajstić information content (AvgIpc) is 2.49. The van der Waals surface area contributed by atoms with Gasteiger partial charge in [0.05, 0.1) is 0 Å². The third-order valence-corrected chi connectivity index (χ3v) is 5.52. The van der Waals surface area contributed by atoms with Gasteiger partial charge in [0.2, 0.25) is 0 Å². The van der Waals surface area contributed by atoms with Crippen LogP contribution in [0.3, 0.4) is 0 Å². The first kappa shape index (κ1) is 21.5. The summed E-state index contributed by atoms with van der Waals surface area (Å²) in [4.78, 5) is 0. The minimum atomic E-state index is 0.764. The lowest BCUT2D eigenvalue weighted by Crippen LogP contribution is -2.17. The van der Waals surface area contributed by atoms with E-state index in [9.17, 15) is 0 Å². The quantitative estimate of drug-likeness (QED) is 0.255. The molecule has 0 fully saturated rings. The second kappa shape index (κ2) is 13.0. The molecule has 4 atom stereocenters. The predicted octanol–water partition coefficient (Wildman–Crippen LogP) is 7.80. The van der Waals surface area contributed by atoms with Crippen molar-refractivity contribution in [3.05, 3.63) is 23.8 Å². The minimum Gasteiger partial charge on any atom is -0.0914 e. The molecular formula is C22H42. The average molecular weight is 307 g/mol. The van der Waals surface area contributed by atoms with Crippen molar-refractivity contribution in [2.45, 2.75) is 93.4 Å². The summed E-state index contributed by atoms with van der Waals surface area (Å²) in [7, 11) is 0. The standard InChI is InChI=1S/C22H42/c1-8-14-19(4)15-12-10-11-13-16-20(5)22(7)21(6)17-18(3)9-2/h8-9,14,19-22H,10-13,15-17H2,1-7H3. The highest BCUT2D eigenvalue weighted by molar-refractivity contribution is 4.97. The maximum Gasteiger partial charge on any atom is -0.0262 e. The molecule has 0 N–H and O–H groups in total. The van der Waals surface area contributed by atoms with Gasteiger partial charge in [0, 0.05) is 0 Å². The van der Waals surface area contributed by atoms with Crippen molar-refractivity contribution in [2.24, 2.45) is 23.7 Å². The summed E-state index contributed by atoms with van der Waals surface area (Å²) in [6, 6.07) is 0. The number of hydrogen-bond donors (Lipinski definition) is 0. The van der Waals surface area contributed by atoms with E-state index in [1.54, 1.807) is 5.57 Å². The molecule has 4 unspecified atom stereocenters. The molecule has 22 heavy (non-hydrogen) atoms. The van der Waals surface area contributed by atoms with E-state index < -0.39 is 0 Å². The summed E-state index contributed by atoms with van der Waals surface area (Å²) >= 11 is 0. The van der Waals surface area contributed by atoms with Gasteiger partial charge in [-0.3, -0.25) is 0 Å². The van der Waals surface area contributed by atoms with Crippen molar-refractivity contribution in [1.29, 1.82) is 0 Å². The van der Waals surface area contributed by atoms with E-state index in [4.69, 9.17) is 0 Å². The smallest absolute Gasteiger partial charge is 0.0262 e. The first-order valence-corrected chi connectivity index (χ1v) is 9.66. The second-order valence-corrected chi connectivity index (χ2v) is 7.65. The molecule has 0 aromatic carbocycles. The van der Waals surface area contributed by atoms with Crippen molar-refractivity contribution in [3.63, 3.8) is 0 Å². The molecule has 0 heterocycles. The Labute approximate surface area is 141 Å². The van der Waals surface area contributed by atoms with Crippen LogP contribution in [-0.2, 0) is 0 Å². The van der Waals surface area contributed by atoms with Crippen LogP contribution in [0.1, 0.15) is 93.4 Å². The van der Waals surface area contributed by atoms with Crippen LogP contribution in [0.15, 0.2) is 23.8 Å². The zero-order chi connectivity index (χ0) is 17.0. The Bertz CT molecular complexity index is 310. The number of allylic oxidation sites excluding steroid dienone is 4. The van der Waals surface area contributed by atoms with Crippen LogP contribution in [-0.4, -0.2) is 0 Å². The third kappa shape index (κ3) is 10.2. The summed E-state index contributed by atoms with van der Waals surface area (Å²) in [6.07, 6.45) is 16.5. The van der Waals surface area contributed by atoms with E-state index in [0.29, 0.717) is 0 Å². The van der Waals surface area contributed by atoms with Crippen LogP contribution in [0.2, 0.25) is 0 Å². The van der Waals surface area contributed by atoms with Gasteiger partial charge in [-0.05, 0) is 57.3 Å². The topological polar surface area (TPSA) is 0 Å². The molecule has 0 rings (SSSR count). The van der Waals surface area contributed by atoms with Crippen LogP contribution in [0, 0.1) is 23.7 Å². The summed E-state index contributed by atoms with van der Waals surface area (Å²) in [5.41, 5.74) is 1.54. The minimum absolute atomic E-state index is 0.764. The van der Waals surface area contributed by atoms with Gasteiger partial charge in [0.1, 0.15) is 0 Å². The summed E-state index contributed by atoms with van der Waals surface area (Å²) < 4.78 is 0. The highest BCUT2D eigenvalue weighted by Gasteiger charge is 2.18. The Balaban J connectivity index is 3.77. The van der Waals surface area contributed by atoms with Gasteiger partial charge in [-0.1, -0.05) is 83.6 Å². The van der Waals surface area contributed by atoms with Crippen LogP contribution in [0.5, 0.6) is 0 Å². The number of unbranched alkanes of at least 4 members (excludes halogenated alkanes) is 3. The largest absolute Gasteiger partial charge is 0.0914 e. The fraction of sp³-hybridized carbons (Fsp3) is 0.818. The van der Waals surface area contributed by atoms with Crippen molar-refractivity contribution < 1.29 is 0 Å². The summed E-state index contributed by atoms with van der Waals surface area (Å²) in [5.74, 6) is 3.28. The van der Waals surface area contributed by atoms with Crippen LogP contribution in [0.4, 0.5) is 0 Å². The maximum absolute atomic E-state index is 2.46. The van der Waals surface area contributed by atoms with Crippen LogP contribution < -0.4 is 0 Å². The molecule has 0 aliphatic carbocycles. The molecule has 0 heteroatoms. The van der Waals surface area contributed by atoms with E-state index in [1.165, 1.54) is 44.9 Å². The molecule has 0 saturated carbocycles. The lowest BCUT2D eigenvalue weighted by Gasteiger charge is -2.26. The molecular weight excluding hydrogens is 264 g/mol. The van der Waals surface area contributed by atoms with Gasteiger partial charge in [0.15, 0.2) is 0 Å². The van der Waals surface area contributed by atoms with Crippen molar-refractivity contribution in [2.75, 3.05) is 0 Å². The Kier molecular flexibility index (Phi) is 12.7. The number of rotatable bonds is 12. The van der Waals surface area contributed by atoms with Crippen molar-refractivity contribution in [1.82, 2.24) is 0 Å². The first-order valence-electron chi connectivity index (χ1n) is 9.66. The van der Waals surface area contributed by atoms with Gasteiger partial charge >= 0.3 is 0 Å². The Morgan fingerprint density at radius 2 is 1.41 bits per heavy atom. The molecule has 0 spiro atoms. The lowest BCUT2D eigenvalue weighted by molar-refractivity contribution is 0.258. The van der Waals surface area contributed by atoms with Crippen LogP contribution >= 0.6 is 0 Å². The van der Waals surface area contributed by atoms with Crippen LogP contribution in [0.25, 0.3) is 0 Å². The van der Waals surface area contributed by atoms with E-state index in [2.05, 4.69) is 66.7 Å². The van der Waals surface area contributed by atoms with Gasteiger partial charge in [-0.25, -0.2) is 0 Å². The van der Waals surface area contributed by atoms with E-state index in [0.717, 1.165) is 23.7 Å². The Morgan fingerprint density at radius 1 is 0.818 bits per heavy atom. The molecule has 130 valence electrons. The van der Waals surface area contributed by atoms with E-state index >= 15 is 0 Å². The molecule has 0 amide bonds. The molecule has 0 aromatic rings. The first-order chi connectivity index (χ1) is 10.4. The Hall–Kier alpha value is -0.520. The van der Waals surface area contributed by atoms with Gasteiger partial charge in [0.25, 0.3) is 0 Å². The van der Waals surface area contributed by atoms with Gasteiger partial charge in [-0.2, -0.15) is 0 Å².